The molecule has 0 unspecified atom stereocenters. The Morgan fingerprint density at radius 2 is 1.52 bits per heavy atom. The van der Waals surface area contributed by atoms with Gasteiger partial charge in [0, 0.05) is 13.0 Å². The molecule has 0 saturated heterocycles. The number of carbonyl (C=O) groups is 1. The first-order chi connectivity index (χ1) is 10.2. The molecule has 0 aromatic rings. The van der Waals surface area contributed by atoms with Crippen molar-refractivity contribution in [2.45, 2.75) is 70.6 Å². The van der Waals surface area contributed by atoms with Crippen molar-refractivity contribution in [1.82, 2.24) is 5.32 Å². The number of carbonyl (C=O) groups excluding carboxylic acids is 1. The third kappa shape index (κ3) is 4.14. The zero-order valence-corrected chi connectivity index (χ0v) is 15.4. The Bertz CT molecular complexity index is 333. The Balaban J connectivity index is 1.39. The number of hydrogen-bond acceptors (Lipinski definition) is 1. The summed E-state index contributed by atoms with van der Waals surface area (Å²) in [6.07, 6.45) is 14.3. The minimum Gasteiger partial charge on any atom is -0.356 e. The van der Waals surface area contributed by atoms with Gasteiger partial charge in [-0.05, 0) is 79.0 Å². The predicted molar refractivity (Wildman–Crippen MR) is 95.6 cm³/mol. The molecule has 120 valence electrons. The molecule has 4 bridgehead atoms. The van der Waals surface area contributed by atoms with Crippen LogP contribution in [0.3, 0.4) is 0 Å². The van der Waals surface area contributed by atoms with Crippen LogP contribution < -0.4 is 5.32 Å². The van der Waals surface area contributed by atoms with Crippen LogP contribution in [0.15, 0.2) is 0 Å². The van der Waals surface area contributed by atoms with Crippen molar-refractivity contribution in [3.63, 3.8) is 0 Å². The fraction of sp³-hybridized carbons (Fsp3) is 0.944. The maximum Gasteiger partial charge on any atom is 0.220 e. The Labute approximate surface area is 143 Å². The van der Waals surface area contributed by atoms with E-state index in [0.717, 1.165) is 37.1 Å². The third-order valence-electron chi connectivity index (χ3n) is 6.08. The summed E-state index contributed by atoms with van der Waals surface area (Å²) in [5.74, 6) is 3.21. The number of alkyl halides is 1. The topological polar surface area (TPSA) is 29.1 Å². The van der Waals surface area contributed by atoms with Gasteiger partial charge in [0.15, 0.2) is 0 Å². The molecular weight excluding hydrogens is 373 g/mol. The largest absolute Gasteiger partial charge is 0.356 e. The monoisotopic (exact) mass is 403 g/mol. The van der Waals surface area contributed by atoms with Crippen LogP contribution >= 0.6 is 22.6 Å². The van der Waals surface area contributed by atoms with E-state index in [1.54, 1.807) is 0 Å². The molecule has 1 N–H and O–H groups in total. The molecule has 1 amide bonds. The molecule has 4 aliphatic carbocycles. The number of nitrogens with one attached hydrogen (secondary N) is 1. The molecule has 4 saturated carbocycles. The van der Waals surface area contributed by atoms with E-state index in [4.69, 9.17) is 0 Å². The second-order valence-corrected chi connectivity index (χ2v) is 9.13. The van der Waals surface area contributed by atoms with Crippen molar-refractivity contribution < 1.29 is 4.79 Å². The highest BCUT2D eigenvalue weighted by atomic mass is 127. The molecule has 0 atom stereocenters. The lowest BCUT2D eigenvalue weighted by Gasteiger charge is -2.56. The normalized spacial score (nSPS) is 36.9. The summed E-state index contributed by atoms with van der Waals surface area (Å²) in [4.78, 5) is 12.3. The Morgan fingerprint density at radius 3 is 2.10 bits per heavy atom. The Hall–Kier alpha value is 0.200. The molecule has 2 nitrogen and oxygen atoms in total. The van der Waals surface area contributed by atoms with Crippen LogP contribution in [0.5, 0.6) is 0 Å². The van der Waals surface area contributed by atoms with Crippen LogP contribution in [-0.2, 0) is 4.79 Å². The van der Waals surface area contributed by atoms with Gasteiger partial charge >= 0.3 is 0 Å². The summed E-state index contributed by atoms with van der Waals surface area (Å²) in [5.41, 5.74) is 0.403. The summed E-state index contributed by atoms with van der Waals surface area (Å²) in [7, 11) is 0. The van der Waals surface area contributed by atoms with Gasteiger partial charge in [0.1, 0.15) is 0 Å². The average molecular weight is 403 g/mol. The summed E-state index contributed by atoms with van der Waals surface area (Å²) in [6, 6.07) is 0. The van der Waals surface area contributed by atoms with E-state index in [0.29, 0.717) is 11.3 Å². The van der Waals surface area contributed by atoms with Crippen LogP contribution in [-0.4, -0.2) is 16.9 Å². The summed E-state index contributed by atoms with van der Waals surface area (Å²) >= 11 is 2.44. The van der Waals surface area contributed by atoms with Gasteiger partial charge in [-0.1, -0.05) is 35.4 Å². The van der Waals surface area contributed by atoms with Gasteiger partial charge in [-0.15, -0.1) is 0 Å². The Kier molecular flexibility index (Phi) is 5.50. The molecule has 0 heterocycles. The van der Waals surface area contributed by atoms with Crippen molar-refractivity contribution in [2.75, 3.05) is 11.0 Å². The summed E-state index contributed by atoms with van der Waals surface area (Å²) in [5, 5.41) is 3.19. The second-order valence-electron chi connectivity index (χ2n) is 8.05. The van der Waals surface area contributed by atoms with E-state index in [9.17, 15) is 4.79 Å². The first kappa shape index (κ1) is 16.1. The lowest BCUT2D eigenvalue weighted by Crippen LogP contribution is -2.48. The van der Waals surface area contributed by atoms with Gasteiger partial charge < -0.3 is 5.32 Å². The molecule has 4 fully saturated rings. The van der Waals surface area contributed by atoms with Crippen molar-refractivity contribution in [3.8, 4) is 0 Å². The third-order valence-corrected chi connectivity index (χ3v) is 6.85. The first-order valence-electron chi connectivity index (χ1n) is 9.02. The highest BCUT2D eigenvalue weighted by molar-refractivity contribution is 14.1. The molecule has 4 rings (SSSR count). The van der Waals surface area contributed by atoms with Gasteiger partial charge in [-0.3, -0.25) is 4.79 Å². The number of unbranched alkanes of at least 4 members (excludes halogenated alkanes) is 3. The van der Waals surface area contributed by atoms with Crippen LogP contribution in [0.2, 0.25) is 0 Å². The smallest absolute Gasteiger partial charge is 0.220 e. The predicted octanol–water partition coefficient (Wildman–Crippen LogP) is 4.70. The highest BCUT2D eigenvalue weighted by Crippen LogP contribution is 2.61. The van der Waals surface area contributed by atoms with Gasteiger partial charge in [0.05, 0.1) is 0 Å². The van der Waals surface area contributed by atoms with Crippen molar-refractivity contribution in [1.29, 1.82) is 0 Å². The standard InChI is InChI=1S/C18H30INO/c19-5-3-1-2-4-6-20-17(21)13-18-10-14-7-15(11-18)9-16(8-14)12-18/h14-16H,1-13H2,(H,20,21). The maximum atomic E-state index is 12.3. The first-order valence-corrected chi connectivity index (χ1v) is 10.5. The van der Waals surface area contributed by atoms with E-state index in [-0.39, 0.29) is 0 Å². The minimum absolute atomic E-state index is 0.339. The molecule has 0 radical (unpaired) electrons. The minimum atomic E-state index is 0.339. The van der Waals surface area contributed by atoms with E-state index >= 15 is 0 Å². The molecule has 0 aromatic carbocycles. The van der Waals surface area contributed by atoms with Gasteiger partial charge in [-0.25, -0.2) is 0 Å². The fourth-order valence-corrected chi connectivity index (χ4v) is 6.25. The molecule has 0 spiro atoms. The van der Waals surface area contributed by atoms with Gasteiger partial charge in [0.2, 0.25) is 5.91 Å². The lowest BCUT2D eigenvalue weighted by molar-refractivity contribution is -0.129. The van der Waals surface area contributed by atoms with Crippen LogP contribution in [0.25, 0.3) is 0 Å². The van der Waals surface area contributed by atoms with Crippen molar-refractivity contribution >= 4 is 28.5 Å². The van der Waals surface area contributed by atoms with Crippen LogP contribution in [0, 0.1) is 23.2 Å². The lowest BCUT2D eigenvalue weighted by atomic mass is 9.49. The van der Waals surface area contributed by atoms with E-state index < -0.39 is 0 Å². The summed E-state index contributed by atoms with van der Waals surface area (Å²) in [6.45, 7) is 0.895. The molecule has 21 heavy (non-hydrogen) atoms. The van der Waals surface area contributed by atoms with Gasteiger partial charge in [-0.2, -0.15) is 0 Å². The SMILES string of the molecule is O=C(CC12CC3CC(CC(C3)C1)C2)NCCCCCCI. The Morgan fingerprint density at radius 1 is 0.952 bits per heavy atom. The zero-order chi connectivity index (χ0) is 14.7. The highest BCUT2D eigenvalue weighted by Gasteiger charge is 2.51. The van der Waals surface area contributed by atoms with E-state index in [1.165, 1.54) is 62.2 Å². The van der Waals surface area contributed by atoms with E-state index in [1.807, 2.05) is 0 Å². The van der Waals surface area contributed by atoms with Crippen molar-refractivity contribution in [2.24, 2.45) is 23.2 Å². The zero-order valence-electron chi connectivity index (χ0n) is 13.2. The summed E-state index contributed by atoms with van der Waals surface area (Å²) < 4.78 is 1.26. The van der Waals surface area contributed by atoms with E-state index in [2.05, 4.69) is 27.9 Å². The second kappa shape index (κ2) is 7.18. The maximum absolute atomic E-state index is 12.3. The number of halogens is 1. The van der Waals surface area contributed by atoms with Crippen LogP contribution in [0.4, 0.5) is 0 Å². The quantitative estimate of drug-likeness (QED) is 0.355. The molecule has 0 aromatic heterocycles. The molecule has 4 aliphatic rings. The molecular formula is C18H30INO. The van der Waals surface area contributed by atoms with Crippen molar-refractivity contribution in [3.05, 3.63) is 0 Å². The van der Waals surface area contributed by atoms with Gasteiger partial charge in [0.25, 0.3) is 0 Å². The average Bonchev–Trinajstić information content (AvgIpc) is 2.40. The molecule has 3 heteroatoms. The van der Waals surface area contributed by atoms with Crippen LogP contribution in [0.1, 0.15) is 70.6 Å². The molecule has 0 aliphatic heterocycles. The number of hydrogen-bond donors (Lipinski definition) is 1. The number of rotatable bonds is 8. The number of amides is 1. The fourth-order valence-electron chi connectivity index (χ4n) is 5.71.